The van der Waals surface area contributed by atoms with E-state index < -0.39 is 0 Å². The second-order valence-electron chi connectivity index (χ2n) is 6.15. The molecule has 0 aliphatic carbocycles. The van der Waals surface area contributed by atoms with Crippen LogP contribution in [0.5, 0.6) is 0 Å². The van der Waals surface area contributed by atoms with Gasteiger partial charge in [0.25, 0.3) is 0 Å². The number of aryl methyl sites for hydroxylation is 1. The summed E-state index contributed by atoms with van der Waals surface area (Å²) in [5.41, 5.74) is 1.85. The van der Waals surface area contributed by atoms with Gasteiger partial charge in [0.15, 0.2) is 0 Å². The molecule has 1 atom stereocenters. The van der Waals surface area contributed by atoms with Gasteiger partial charge in [-0.25, -0.2) is 0 Å². The zero-order valence-corrected chi connectivity index (χ0v) is 15.0. The Kier molecular flexibility index (Phi) is 5.62. The number of carbonyl (C=O) groups excluding carboxylic acids is 2. The van der Waals surface area contributed by atoms with Crippen molar-refractivity contribution >= 4 is 33.4 Å². The fourth-order valence-electron chi connectivity index (χ4n) is 2.85. The summed E-state index contributed by atoms with van der Waals surface area (Å²) in [6.07, 6.45) is 2.21. The number of carbonyl (C=O) groups is 2. The van der Waals surface area contributed by atoms with E-state index in [1.54, 1.807) is 4.90 Å². The third-order valence-corrected chi connectivity index (χ3v) is 4.71. The van der Waals surface area contributed by atoms with E-state index in [2.05, 4.69) is 22.9 Å². The lowest BCUT2D eigenvalue weighted by Gasteiger charge is -2.33. The van der Waals surface area contributed by atoms with Crippen LogP contribution in [0.2, 0.25) is 0 Å². The zero-order chi connectivity index (χ0) is 16.3. The Labute approximate surface area is 140 Å². The van der Waals surface area contributed by atoms with Gasteiger partial charge in [-0.15, -0.1) is 0 Å². The smallest absolute Gasteiger partial charge is 0.242 e. The number of anilines is 1. The number of hydrogen-bond acceptors (Lipinski definition) is 2. The second-order valence-corrected chi connectivity index (χ2v) is 7.00. The Morgan fingerprint density at radius 3 is 2.73 bits per heavy atom. The highest BCUT2D eigenvalue weighted by Gasteiger charge is 2.25. The van der Waals surface area contributed by atoms with Crippen LogP contribution in [0.3, 0.4) is 0 Å². The van der Waals surface area contributed by atoms with Crippen LogP contribution in [0, 0.1) is 12.8 Å². The van der Waals surface area contributed by atoms with Crippen LogP contribution in [0.15, 0.2) is 22.7 Å². The van der Waals surface area contributed by atoms with E-state index in [1.165, 1.54) is 13.3 Å². The molecule has 1 aromatic carbocycles. The van der Waals surface area contributed by atoms with Crippen molar-refractivity contribution in [2.75, 3.05) is 24.5 Å². The number of amides is 2. The highest BCUT2D eigenvalue weighted by Crippen LogP contribution is 2.27. The molecule has 0 aromatic heterocycles. The van der Waals surface area contributed by atoms with E-state index in [4.69, 9.17) is 0 Å². The Morgan fingerprint density at radius 2 is 2.14 bits per heavy atom. The van der Waals surface area contributed by atoms with Gasteiger partial charge in [-0.3, -0.25) is 9.59 Å². The van der Waals surface area contributed by atoms with Crippen LogP contribution in [-0.2, 0) is 9.59 Å². The van der Waals surface area contributed by atoms with Gasteiger partial charge in [-0.1, -0.05) is 13.0 Å². The Hall–Kier alpha value is -1.36. The maximum atomic E-state index is 12.5. The SMILES string of the molecule is CC(=O)N(CC(=O)N1CCCC(C)C1)c1ccc(C)cc1Br. The average Bonchev–Trinajstić information content (AvgIpc) is 2.45. The molecule has 1 aliphatic rings. The highest BCUT2D eigenvalue weighted by atomic mass is 79.9. The molecule has 2 amide bonds. The molecule has 0 saturated carbocycles. The number of rotatable bonds is 3. The summed E-state index contributed by atoms with van der Waals surface area (Å²) in [7, 11) is 0. The molecule has 120 valence electrons. The van der Waals surface area contributed by atoms with Gasteiger partial charge >= 0.3 is 0 Å². The third-order valence-electron chi connectivity index (χ3n) is 4.08. The molecule has 1 aromatic rings. The molecule has 0 radical (unpaired) electrons. The van der Waals surface area contributed by atoms with Gasteiger partial charge in [0.1, 0.15) is 6.54 Å². The van der Waals surface area contributed by atoms with E-state index >= 15 is 0 Å². The monoisotopic (exact) mass is 366 g/mol. The maximum Gasteiger partial charge on any atom is 0.242 e. The summed E-state index contributed by atoms with van der Waals surface area (Å²) < 4.78 is 0.836. The van der Waals surface area contributed by atoms with Crippen LogP contribution in [-0.4, -0.2) is 36.3 Å². The summed E-state index contributed by atoms with van der Waals surface area (Å²) in [6.45, 7) is 7.34. The standard InChI is InChI=1S/C17H23BrN2O2/c1-12-6-7-16(15(18)9-12)20(14(3)21)11-17(22)19-8-4-5-13(2)10-19/h6-7,9,13H,4-5,8,10-11H2,1-3H3. The lowest BCUT2D eigenvalue weighted by atomic mass is 10.0. The first-order valence-corrected chi connectivity index (χ1v) is 8.50. The predicted molar refractivity (Wildman–Crippen MR) is 91.9 cm³/mol. The molecule has 0 spiro atoms. The number of halogens is 1. The molecule has 4 nitrogen and oxygen atoms in total. The van der Waals surface area contributed by atoms with Gasteiger partial charge in [0.05, 0.1) is 5.69 Å². The number of hydrogen-bond donors (Lipinski definition) is 0. The van der Waals surface area contributed by atoms with Crippen LogP contribution in [0.1, 0.15) is 32.3 Å². The molecule has 1 aliphatic heterocycles. The summed E-state index contributed by atoms with van der Waals surface area (Å²) >= 11 is 3.49. The first kappa shape index (κ1) is 17.0. The first-order valence-electron chi connectivity index (χ1n) is 7.70. The molecule has 0 bridgehead atoms. The zero-order valence-electron chi connectivity index (χ0n) is 13.4. The van der Waals surface area contributed by atoms with Gasteiger partial charge in [-0.05, 0) is 59.3 Å². The molecular formula is C17H23BrN2O2. The van der Waals surface area contributed by atoms with Gasteiger partial charge in [0, 0.05) is 24.5 Å². The fourth-order valence-corrected chi connectivity index (χ4v) is 3.56. The van der Waals surface area contributed by atoms with Gasteiger partial charge in [0.2, 0.25) is 11.8 Å². The number of likely N-dealkylation sites (tertiary alicyclic amines) is 1. The van der Waals surface area contributed by atoms with Crippen molar-refractivity contribution in [3.05, 3.63) is 28.2 Å². The van der Waals surface area contributed by atoms with Crippen molar-refractivity contribution in [3.63, 3.8) is 0 Å². The number of piperidine rings is 1. The van der Waals surface area contributed by atoms with Crippen LogP contribution in [0.25, 0.3) is 0 Å². The van der Waals surface area contributed by atoms with E-state index in [0.717, 1.165) is 35.2 Å². The molecule has 1 unspecified atom stereocenters. The normalized spacial score (nSPS) is 18.2. The average molecular weight is 367 g/mol. The summed E-state index contributed by atoms with van der Waals surface area (Å²) in [4.78, 5) is 28.0. The molecule has 2 rings (SSSR count). The van der Waals surface area contributed by atoms with Crippen molar-refractivity contribution in [1.82, 2.24) is 4.90 Å². The van der Waals surface area contributed by atoms with Crippen molar-refractivity contribution in [3.8, 4) is 0 Å². The van der Waals surface area contributed by atoms with Crippen molar-refractivity contribution in [2.45, 2.75) is 33.6 Å². The van der Waals surface area contributed by atoms with E-state index in [9.17, 15) is 9.59 Å². The fraction of sp³-hybridized carbons (Fsp3) is 0.529. The molecule has 5 heteroatoms. The summed E-state index contributed by atoms with van der Waals surface area (Å²) in [6, 6.07) is 5.79. The minimum atomic E-state index is -0.122. The molecular weight excluding hydrogens is 344 g/mol. The number of benzene rings is 1. The topological polar surface area (TPSA) is 40.6 Å². The summed E-state index contributed by atoms with van der Waals surface area (Å²) in [5.74, 6) is 0.437. The lowest BCUT2D eigenvalue weighted by molar-refractivity contribution is -0.132. The first-order chi connectivity index (χ1) is 10.4. The van der Waals surface area contributed by atoms with Crippen LogP contribution < -0.4 is 4.90 Å². The Bertz CT molecular complexity index is 574. The van der Waals surface area contributed by atoms with Crippen molar-refractivity contribution in [2.24, 2.45) is 5.92 Å². The molecule has 1 saturated heterocycles. The minimum Gasteiger partial charge on any atom is -0.341 e. The molecule has 0 N–H and O–H groups in total. The third kappa shape index (κ3) is 4.09. The molecule has 1 heterocycles. The minimum absolute atomic E-state index is 0.0224. The second kappa shape index (κ2) is 7.27. The van der Waals surface area contributed by atoms with Gasteiger partial charge < -0.3 is 9.80 Å². The quantitative estimate of drug-likeness (QED) is 0.822. The molecule has 22 heavy (non-hydrogen) atoms. The van der Waals surface area contributed by atoms with Crippen molar-refractivity contribution in [1.29, 1.82) is 0 Å². The Balaban J connectivity index is 2.15. The van der Waals surface area contributed by atoms with E-state index in [0.29, 0.717) is 5.92 Å². The van der Waals surface area contributed by atoms with Crippen LogP contribution in [0.4, 0.5) is 5.69 Å². The summed E-state index contributed by atoms with van der Waals surface area (Å²) in [5, 5.41) is 0. The van der Waals surface area contributed by atoms with E-state index in [1.807, 2.05) is 30.0 Å². The van der Waals surface area contributed by atoms with E-state index in [-0.39, 0.29) is 18.4 Å². The highest BCUT2D eigenvalue weighted by molar-refractivity contribution is 9.10. The largest absolute Gasteiger partial charge is 0.341 e. The van der Waals surface area contributed by atoms with Crippen molar-refractivity contribution < 1.29 is 9.59 Å². The number of nitrogens with zero attached hydrogens (tertiary/aromatic N) is 2. The Morgan fingerprint density at radius 1 is 1.41 bits per heavy atom. The van der Waals surface area contributed by atoms with Gasteiger partial charge in [-0.2, -0.15) is 0 Å². The van der Waals surface area contributed by atoms with Crippen LogP contribution >= 0.6 is 15.9 Å². The molecule has 1 fully saturated rings. The predicted octanol–water partition coefficient (Wildman–Crippen LogP) is 3.37. The lowest BCUT2D eigenvalue weighted by Crippen LogP contribution is -2.46. The maximum absolute atomic E-state index is 12.5.